The molecule has 6 rings (SSSR count). The number of alkyl halides is 3. The van der Waals surface area contributed by atoms with Crippen LogP contribution in [-0.2, 0) is 42.3 Å². The largest absolute Gasteiger partial charge is 0.741 e. The van der Waals surface area contributed by atoms with Gasteiger partial charge in [-0.15, -0.1) is 0 Å². The van der Waals surface area contributed by atoms with E-state index in [2.05, 4.69) is 90.4 Å². The van der Waals surface area contributed by atoms with E-state index in [0.29, 0.717) is 0 Å². The number of nitrogens with zero attached hydrogens (tertiary/aromatic N) is 1. The van der Waals surface area contributed by atoms with Crippen LogP contribution >= 0.6 is 0 Å². The first kappa shape index (κ1) is 28.1. The van der Waals surface area contributed by atoms with Crippen LogP contribution in [0.2, 0.25) is 0 Å². The van der Waals surface area contributed by atoms with Crippen LogP contribution in [0.1, 0.15) is 42.0 Å². The Morgan fingerprint density at radius 3 is 1.65 bits per heavy atom. The van der Waals surface area contributed by atoms with E-state index in [1.165, 1.54) is 57.6 Å². The summed E-state index contributed by atoms with van der Waals surface area (Å²) in [5.41, 5.74) is 9.15. The summed E-state index contributed by atoms with van der Waals surface area (Å²) in [6, 6.07) is 29.4. The van der Waals surface area contributed by atoms with E-state index < -0.39 is 15.6 Å². The Morgan fingerprint density at radius 2 is 1.20 bits per heavy atom. The molecular weight excluding hydrogens is 535 g/mol. The molecule has 0 unspecified atom stereocenters. The molecule has 0 radical (unpaired) electrons. The van der Waals surface area contributed by atoms with Crippen molar-refractivity contribution in [3.8, 4) is 33.6 Å². The van der Waals surface area contributed by atoms with Crippen molar-refractivity contribution in [1.82, 2.24) is 0 Å². The van der Waals surface area contributed by atoms with Gasteiger partial charge in [-0.2, -0.15) is 17.7 Å². The summed E-state index contributed by atoms with van der Waals surface area (Å²) in [7, 11) is -6.09. The molecule has 0 bridgehead atoms. The highest BCUT2D eigenvalue weighted by atomic mass is 32.2. The fourth-order valence-corrected chi connectivity index (χ4v) is 5.91. The molecule has 0 atom stereocenters. The molecular formula is C32H30F3NO3S. The zero-order chi connectivity index (χ0) is 28.5. The van der Waals surface area contributed by atoms with Crippen LogP contribution in [0.3, 0.4) is 0 Å². The maximum Gasteiger partial charge on any atom is 0.485 e. The molecule has 2 aliphatic rings. The predicted octanol–water partition coefficient (Wildman–Crippen LogP) is 7.02. The molecule has 0 saturated heterocycles. The Hall–Kier alpha value is -3.49. The third kappa shape index (κ3) is 5.30. The predicted molar refractivity (Wildman–Crippen MR) is 148 cm³/mol. The topological polar surface area (TPSA) is 61.1 Å². The average molecular weight is 566 g/mol. The van der Waals surface area contributed by atoms with E-state index in [1.54, 1.807) is 11.1 Å². The summed E-state index contributed by atoms with van der Waals surface area (Å²) < 4.78 is 61.6. The van der Waals surface area contributed by atoms with Crippen molar-refractivity contribution in [2.24, 2.45) is 0 Å². The molecule has 40 heavy (non-hydrogen) atoms. The molecule has 0 amide bonds. The normalized spacial score (nSPS) is 13.7. The van der Waals surface area contributed by atoms with Gasteiger partial charge in [0.1, 0.15) is 6.54 Å². The van der Waals surface area contributed by atoms with Gasteiger partial charge in [-0.25, -0.2) is 8.42 Å². The Labute approximate surface area is 232 Å². The first-order valence-electron chi connectivity index (χ1n) is 13.5. The fourth-order valence-electron chi connectivity index (χ4n) is 5.91. The molecule has 0 N–H and O–H groups in total. The van der Waals surface area contributed by atoms with Crippen LogP contribution in [0.4, 0.5) is 13.2 Å². The average Bonchev–Trinajstić information content (AvgIpc) is 2.94. The van der Waals surface area contributed by atoms with Crippen molar-refractivity contribution in [3.63, 3.8) is 0 Å². The second-order valence-electron chi connectivity index (χ2n) is 10.1. The minimum absolute atomic E-state index is 1.08. The fraction of sp³-hybridized carbons (Fsp3) is 0.281. The van der Waals surface area contributed by atoms with Crippen LogP contribution in [0.15, 0.2) is 78.9 Å². The van der Waals surface area contributed by atoms with E-state index in [9.17, 15) is 13.2 Å². The van der Waals surface area contributed by atoms with Crippen LogP contribution < -0.4 is 4.57 Å². The quantitative estimate of drug-likeness (QED) is 0.152. The molecule has 8 heteroatoms. The molecule has 4 aromatic rings. The molecule has 0 fully saturated rings. The van der Waals surface area contributed by atoms with Crippen molar-refractivity contribution < 1.29 is 30.7 Å². The maximum atomic E-state index is 10.7. The molecule has 3 aromatic carbocycles. The van der Waals surface area contributed by atoms with Gasteiger partial charge < -0.3 is 4.55 Å². The Balaban J connectivity index is 0.000000355. The number of hydrogen-bond acceptors (Lipinski definition) is 3. The maximum absolute atomic E-state index is 10.7. The van der Waals surface area contributed by atoms with E-state index in [-0.39, 0.29) is 0 Å². The SMILES string of the molecule is CCCC[n+]1c2c(c(-c3ccccc3)c3c1-c1ccccc1CC3)CCc1ccccc1-2.O=S(=O)([O-])C(F)(F)F. The molecule has 1 aromatic heterocycles. The lowest BCUT2D eigenvalue weighted by atomic mass is 9.77. The molecule has 0 saturated carbocycles. The van der Waals surface area contributed by atoms with Gasteiger partial charge in [0.15, 0.2) is 10.1 Å². The third-order valence-electron chi connectivity index (χ3n) is 7.63. The molecule has 4 nitrogen and oxygen atoms in total. The number of hydrogen-bond donors (Lipinski definition) is 0. The van der Waals surface area contributed by atoms with Gasteiger partial charge in [0, 0.05) is 34.2 Å². The number of aryl methyl sites for hydroxylation is 2. The second-order valence-corrected chi connectivity index (χ2v) is 11.5. The van der Waals surface area contributed by atoms with Gasteiger partial charge in [-0.3, -0.25) is 0 Å². The zero-order valence-corrected chi connectivity index (χ0v) is 23.0. The summed E-state index contributed by atoms with van der Waals surface area (Å²) in [4.78, 5) is 0. The molecule has 1 heterocycles. The molecule has 0 spiro atoms. The number of aromatic nitrogens is 1. The second kappa shape index (κ2) is 11.2. The number of halogens is 3. The lowest BCUT2D eigenvalue weighted by Gasteiger charge is -2.28. The number of fused-ring (bicyclic) bond motifs is 6. The van der Waals surface area contributed by atoms with Gasteiger partial charge >= 0.3 is 5.51 Å². The van der Waals surface area contributed by atoms with Crippen molar-refractivity contribution in [3.05, 3.63) is 101 Å². The van der Waals surface area contributed by atoms with Gasteiger partial charge in [-0.05, 0) is 54.5 Å². The Morgan fingerprint density at radius 1 is 0.750 bits per heavy atom. The van der Waals surface area contributed by atoms with Crippen molar-refractivity contribution in [2.45, 2.75) is 57.5 Å². The van der Waals surface area contributed by atoms with E-state index in [0.717, 1.165) is 32.2 Å². The number of pyridine rings is 1. The summed E-state index contributed by atoms with van der Waals surface area (Å²) >= 11 is 0. The number of unbranched alkanes of at least 4 members (excludes halogenated alkanes) is 1. The first-order valence-corrected chi connectivity index (χ1v) is 14.9. The van der Waals surface area contributed by atoms with Gasteiger partial charge in [0.05, 0.1) is 0 Å². The van der Waals surface area contributed by atoms with E-state index >= 15 is 0 Å². The minimum atomic E-state index is -6.09. The van der Waals surface area contributed by atoms with Crippen molar-refractivity contribution in [1.29, 1.82) is 0 Å². The Bertz CT molecular complexity index is 1570. The third-order valence-corrected chi connectivity index (χ3v) is 8.20. The lowest BCUT2D eigenvalue weighted by Crippen LogP contribution is -2.43. The van der Waals surface area contributed by atoms with Gasteiger partial charge in [-0.1, -0.05) is 80.1 Å². The highest BCUT2D eigenvalue weighted by molar-refractivity contribution is 7.86. The van der Waals surface area contributed by atoms with Crippen LogP contribution in [0, 0.1) is 0 Å². The number of rotatable bonds is 4. The molecule has 0 aliphatic heterocycles. The van der Waals surface area contributed by atoms with Gasteiger partial charge in [0.2, 0.25) is 11.4 Å². The Kier molecular flexibility index (Phi) is 7.84. The van der Waals surface area contributed by atoms with Crippen LogP contribution in [0.5, 0.6) is 0 Å². The highest BCUT2D eigenvalue weighted by Gasteiger charge is 2.38. The van der Waals surface area contributed by atoms with Gasteiger partial charge in [0.25, 0.3) is 0 Å². The zero-order valence-electron chi connectivity index (χ0n) is 22.2. The molecule has 208 valence electrons. The first-order chi connectivity index (χ1) is 19.1. The van der Waals surface area contributed by atoms with Crippen LogP contribution in [-0.4, -0.2) is 18.5 Å². The minimum Gasteiger partial charge on any atom is -0.741 e. The van der Waals surface area contributed by atoms with Crippen molar-refractivity contribution in [2.75, 3.05) is 0 Å². The van der Waals surface area contributed by atoms with E-state index in [1.807, 2.05) is 0 Å². The standard InChI is InChI=1S/C31H30N.CHF3O3S/c1-2-3-21-32-30-25-15-9-7-11-22(25)17-19-27(30)29(24-13-5-4-6-14-24)28-20-18-23-12-8-10-16-26(23)31(28)32;2-1(3,4)8(5,6)7/h4-16H,2-3,17-21H2,1H3;(H,5,6,7)/q+1;/p-1. The monoisotopic (exact) mass is 565 g/mol. The smallest absolute Gasteiger partial charge is 0.485 e. The molecule has 2 aliphatic carbocycles. The van der Waals surface area contributed by atoms with Crippen LogP contribution in [0.25, 0.3) is 33.6 Å². The summed E-state index contributed by atoms with van der Waals surface area (Å²) in [6.07, 6.45) is 6.92. The summed E-state index contributed by atoms with van der Waals surface area (Å²) in [6.45, 7) is 3.39. The summed E-state index contributed by atoms with van der Waals surface area (Å²) in [5.74, 6) is 0. The highest BCUT2D eigenvalue weighted by Crippen LogP contribution is 2.44. The lowest BCUT2D eigenvalue weighted by molar-refractivity contribution is -0.676. The van der Waals surface area contributed by atoms with E-state index in [4.69, 9.17) is 13.0 Å². The van der Waals surface area contributed by atoms with Crippen molar-refractivity contribution >= 4 is 10.1 Å². The summed E-state index contributed by atoms with van der Waals surface area (Å²) in [5, 5.41) is 0. The number of benzene rings is 3.